The van der Waals surface area contributed by atoms with E-state index in [0.717, 1.165) is 12.2 Å². The van der Waals surface area contributed by atoms with Crippen molar-refractivity contribution in [1.82, 2.24) is 0 Å². The Morgan fingerprint density at radius 2 is 1.78 bits per heavy atom. The molecule has 1 aromatic carbocycles. The lowest BCUT2D eigenvalue weighted by Gasteiger charge is -2.24. The van der Waals surface area contributed by atoms with Gasteiger partial charge >= 0.3 is 0 Å². The molecule has 0 aromatic heterocycles. The van der Waals surface area contributed by atoms with Crippen molar-refractivity contribution < 1.29 is 8.78 Å². The molecule has 1 nitrogen and oxygen atoms in total. The SMILES string of the molecule is CC(C)c1ccc(N2CC[C@@](C)(C(F)F)C2)cc1. The third-order valence-corrected chi connectivity index (χ3v) is 3.96. The maximum atomic E-state index is 13.0. The molecule has 0 N–H and O–H groups in total. The molecule has 0 saturated carbocycles. The van der Waals surface area contributed by atoms with Gasteiger partial charge in [-0.15, -0.1) is 0 Å². The highest BCUT2D eigenvalue weighted by atomic mass is 19.3. The molecule has 2 rings (SSSR count). The van der Waals surface area contributed by atoms with Crippen molar-refractivity contribution in [2.24, 2.45) is 5.41 Å². The van der Waals surface area contributed by atoms with Gasteiger partial charge in [0.25, 0.3) is 0 Å². The van der Waals surface area contributed by atoms with Crippen molar-refractivity contribution in [1.29, 1.82) is 0 Å². The van der Waals surface area contributed by atoms with E-state index in [0.29, 0.717) is 18.9 Å². The van der Waals surface area contributed by atoms with Crippen LogP contribution in [-0.2, 0) is 0 Å². The van der Waals surface area contributed by atoms with Gasteiger partial charge in [-0.3, -0.25) is 0 Å². The number of hydrogen-bond donors (Lipinski definition) is 0. The van der Waals surface area contributed by atoms with Gasteiger partial charge in [0.2, 0.25) is 6.43 Å². The van der Waals surface area contributed by atoms with Crippen LogP contribution in [0.1, 0.15) is 38.7 Å². The second-order valence-electron chi connectivity index (χ2n) is 5.87. The fraction of sp³-hybridized carbons (Fsp3) is 0.600. The van der Waals surface area contributed by atoms with E-state index in [1.165, 1.54) is 5.56 Å². The zero-order valence-electron chi connectivity index (χ0n) is 11.3. The van der Waals surface area contributed by atoms with Crippen LogP contribution in [-0.4, -0.2) is 19.5 Å². The molecule has 1 aliphatic heterocycles. The summed E-state index contributed by atoms with van der Waals surface area (Å²) in [6, 6.07) is 8.29. The molecule has 0 unspecified atom stereocenters. The van der Waals surface area contributed by atoms with E-state index in [9.17, 15) is 8.78 Å². The molecule has 1 aliphatic rings. The van der Waals surface area contributed by atoms with Crippen LogP contribution in [0.4, 0.5) is 14.5 Å². The lowest BCUT2D eigenvalue weighted by atomic mass is 9.91. The van der Waals surface area contributed by atoms with Gasteiger partial charge in [-0.05, 0) is 30.0 Å². The summed E-state index contributed by atoms with van der Waals surface area (Å²) in [5, 5.41) is 0. The summed E-state index contributed by atoms with van der Waals surface area (Å²) in [6.45, 7) is 7.16. The average molecular weight is 253 g/mol. The van der Waals surface area contributed by atoms with E-state index in [1.54, 1.807) is 6.92 Å². The summed E-state index contributed by atoms with van der Waals surface area (Å²) in [4.78, 5) is 2.07. The standard InChI is InChI=1S/C15H21F2N/c1-11(2)12-4-6-13(7-5-12)18-9-8-15(3,10-18)14(16)17/h4-7,11,14H,8-10H2,1-3H3/t15-/m1/s1. The van der Waals surface area contributed by atoms with Crippen molar-refractivity contribution in [2.45, 2.75) is 39.5 Å². The first kappa shape index (κ1) is 13.3. The zero-order chi connectivity index (χ0) is 13.3. The Bertz CT molecular complexity index is 399. The number of alkyl halides is 2. The number of benzene rings is 1. The van der Waals surface area contributed by atoms with Gasteiger partial charge < -0.3 is 4.90 Å². The molecular weight excluding hydrogens is 232 g/mol. The first-order chi connectivity index (χ1) is 8.42. The summed E-state index contributed by atoms with van der Waals surface area (Å²) in [6.07, 6.45) is -1.67. The summed E-state index contributed by atoms with van der Waals surface area (Å²) >= 11 is 0. The molecule has 1 heterocycles. The molecule has 100 valence electrons. The number of anilines is 1. The minimum Gasteiger partial charge on any atom is -0.371 e. The first-order valence-corrected chi connectivity index (χ1v) is 6.55. The van der Waals surface area contributed by atoms with Crippen LogP contribution in [0.3, 0.4) is 0 Å². The largest absolute Gasteiger partial charge is 0.371 e. The normalized spacial score (nSPS) is 24.3. The van der Waals surface area contributed by atoms with Crippen molar-refractivity contribution in [2.75, 3.05) is 18.0 Å². The van der Waals surface area contributed by atoms with E-state index in [1.807, 2.05) is 12.1 Å². The molecule has 0 bridgehead atoms. The van der Waals surface area contributed by atoms with Gasteiger partial charge in [-0.1, -0.05) is 32.9 Å². The van der Waals surface area contributed by atoms with Gasteiger partial charge in [0.1, 0.15) is 0 Å². The van der Waals surface area contributed by atoms with Crippen molar-refractivity contribution in [3.8, 4) is 0 Å². The number of rotatable bonds is 3. The van der Waals surface area contributed by atoms with Crippen LogP contribution in [0, 0.1) is 5.41 Å². The molecule has 0 radical (unpaired) electrons. The van der Waals surface area contributed by atoms with Crippen LogP contribution in [0.25, 0.3) is 0 Å². The van der Waals surface area contributed by atoms with E-state index >= 15 is 0 Å². The van der Waals surface area contributed by atoms with Gasteiger partial charge in [-0.25, -0.2) is 8.78 Å². The molecule has 1 atom stereocenters. The smallest absolute Gasteiger partial charge is 0.245 e. The van der Waals surface area contributed by atoms with Crippen LogP contribution in [0.5, 0.6) is 0 Å². The van der Waals surface area contributed by atoms with Crippen molar-refractivity contribution in [3.05, 3.63) is 29.8 Å². The summed E-state index contributed by atoms with van der Waals surface area (Å²) < 4.78 is 25.9. The molecule has 1 fully saturated rings. The second-order valence-corrected chi connectivity index (χ2v) is 5.87. The van der Waals surface area contributed by atoms with E-state index in [4.69, 9.17) is 0 Å². The Labute approximate surface area is 108 Å². The van der Waals surface area contributed by atoms with Crippen LogP contribution >= 0.6 is 0 Å². The second kappa shape index (κ2) is 4.87. The van der Waals surface area contributed by atoms with Gasteiger partial charge in [-0.2, -0.15) is 0 Å². The molecule has 1 saturated heterocycles. The summed E-state index contributed by atoms with van der Waals surface area (Å²) in [5.74, 6) is 0.504. The minimum absolute atomic E-state index is 0.450. The Kier molecular flexibility index (Phi) is 3.60. The predicted molar refractivity (Wildman–Crippen MR) is 71.5 cm³/mol. The Morgan fingerprint density at radius 1 is 1.17 bits per heavy atom. The molecule has 0 spiro atoms. The fourth-order valence-electron chi connectivity index (χ4n) is 2.45. The lowest BCUT2D eigenvalue weighted by Crippen LogP contribution is -2.30. The van der Waals surface area contributed by atoms with Crippen LogP contribution in [0.2, 0.25) is 0 Å². The molecule has 0 aliphatic carbocycles. The van der Waals surface area contributed by atoms with Crippen molar-refractivity contribution in [3.63, 3.8) is 0 Å². The number of halogens is 2. The molecule has 3 heteroatoms. The number of nitrogens with zero attached hydrogens (tertiary/aromatic N) is 1. The Morgan fingerprint density at radius 3 is 2.22 bits per heavy atom. The molecule has 1 aromatic rings. The summed E-state index contributed by atoms with van der Waals surface area (Å²) in [7, 11) is 0. The van der Waals surface area contributed by atoms with E-state index < -0.39 is 11.8 Å². The monoisotopic (exact) mass is 253 g/mol. The lowest BCUT2D eigenvalue weighted by molar-refractivity contribution is 0.0220. The van der Waals surface area contributed by atoms with Gasteiger partial charge in [0.15, 0.2) is 0 Å². The van der Waals surface area contributed by atoms with E-state index in [2.05, 4.69) is 30.9 Å². The highest BCUT2D eigenvalue weighted by Gasteiger charge is 2.41. The van der Waals surface area contributed by atoms with Crippen molar-refractivity contribution >= 4 is 5.69 Å². The topological polar surface area (TPSA) is 3.24 Å². The average Bonchev–Trinajstić information content (AvgIpc) is 2.73. The molecular formula is C15H21F2N. The zero-order valence-corrected chi connectivity index (χ0v) is 11.3. The maximum Gasteiger partial charge on any atom is 0.245 e. The minimum atomic E-state index is -2.24. The molecule has 18 heavy (non-hydrogen) atoms. The third-order valence-electron chi connectivity index (χ3n) is 3.96. The van der Waals surface area contributed by atoms with E-state index in [-0.39, 0.29) is 0 Å². The van der Waals surface area contributed by atoms with Crippen LogP contribution in [0.15, 0.2) is 24.3 Å². The first-order valence-electron chi connectivity index (χ1n) is 6.55. The van der Waals surface area contributed by atoms with Gasteiger partial charge in [0.05, 0.1) is 0 Å². The third kappa shape index (κ3) is 2.50. The fourth-order valence-corrected chi connectivity index (χ4v) is 2.45. The van der Waals surface area contributed by atoms with Gasteiger partial charge in [0, 0.05) is 24.2 Å². The highest BCUT2D eigenvalue weighted by molar-refractivity contribution is 5.49. The maximum absolute atomic E-state index is 13.0. The number of hydrogen-bond acceptors (Lipinski definition) is 1. The Balaban J connectivity index is 2.10. The predicted octanol–water partition coefficient (Wildman–Crippen LogP) is 4.29. The highest BCUT2D eigenvalue weighted by Crippen LogP contribution is 2.38. The summed E-state index contributed by atoms with van der Waals surface area (Å²) in [5.41, 5.74) is 1.50. The quantitative estimate of drug-likeness (QED) is 0.776. The van der Waals surface area contributed by atoms with Crippen LogP contribution < -0.4 is 4.90 Å². The molecule has 0 amide bonds. The Hall–Kier alpha value is -1.12.